The Morgan fingerprint density at radius 2 is 1.83 bits per heavy atom. The zero-order chi connectivity index (χ0) is 30.1. The molecule has 1 saturated heterocycles. The quantitative estimate of drug-likeness (QED) is 0.360. The van der Waals surface area contributed by atoms with Crippen molar-refractivity contribution in [2.24, 2.45) is 5.41 Å². The fourth-order valence-corrected chi connectivity index (χ4v) is 6.27. The van der Waals surface area contributed by atoms with Crippen molar-refractivity contribution >= 4 is 35.2 Å². The first kappa shape index (κ1) is 29.4. The Bertz CT molecular complexity index is 1420. The standard InChI is InChI=1S/C30H37ClF2N4O4/c1-28(2,3)40-26(38)35-21-13-30(21)9-8-10-37(15-30)25-17(31)14-34-19-11-16-20(36(7)27(39)41-29(4,5)6)12-18(32)24(33)22(16)23(19)25/h12,14,21H,8-11,13,15H2,1-7H3,(H,35,38)/t21-,30-/m0/s1. The Hall–Kier alpha value is -3.14. The van der Waals surface area contributed by atoms with E-state index in [0.717, 1.165) is 25.3 Å². The van der Waals surface area contributed by atoms with Gasteiger partial charge in [-0.15, -0.1) is 0 Å². The lowest BCUT2D eigenvalue weighted by molar-refractivity contribution is 0.0513. The summed E-state index contributed by atoms with van der Waals surface area (Å²) < 4.78 is 41.7. The second kappa shape index (κ2) is 10.00. The summed E-state index contributed by atoms with van der Waals surface area (Å²) in [5.74, 6) is -2.08. The molecule has 2 heterocycles. The maximum absolute atomic E-state index is 15.6. The average Bonchev–Trinajstić information content (AvgIpc) is 3.31. The van der Waals surface area contributed by atoms with Gasteiger partial charge >= 0.3 is 12.2 Å². The van der Waals surface area contributed by atoms with Crippen LogP contribution in [-0.2, 0) is 15.9 Å². The first-order valence-electron chi connectivity index (χ1n) is 13.9. The lowest BCUT2D eigenvalue weighted by Crippen LogP contribution is -2.42. The maximum Gasteiger partial charge on any atom is 0.414 e. The van der Waals surface area contributed by atoms with Crippen LogP contribution in [0.2, 0.25) is 5.02 Å². The molecule has 2 fully saturated rings. The number of ether oxygens (including phenoxy) is 2. The van der Waals surface area contributed by atoms with E-state index in [1.807, 2.05) is 20.8 Å². The largest absolute Gasteiger partial charge is 0.444 e. The zero-order valence-corrected chi connectivity index (χ0v) is 25.3. The number of carbonyl (C=O) groups is 2. The topological polar surface area (TPSA) is 84.0 Å². The van der Waals surface area contributed by atoms with Gasteiger partial charge in [-0.3, -0.25) is 9.88 Å². The molecular formula is C30H37ClF2N4O4. The Labute approximate surface area is 244 Å². The summed E-state index contributed by atoms with van der Waals surface area (Å²) in [5.41, 5.74) is 0.790. The monoisotopic (exact) mass is 590 g/mol. The van der Waals surface area contributed by atoms with Gasteiger partial charge in [0, 0.05) is 61.4 Å². The van der Waals surface area contributed by atoms with Crippen molar-refractivity contribution in [1.29, 1.82) is 0 Å². The van der Waals surface area contributed by atoms with Gasteiger partial charge in [-0.2, -0.15) is 0 Å². The van der Waals surface area contributed by atoms with Crippen molar-refractivity contribution in [3.05, 3.63) is 40.2 Å². The lowest BCUT2D eigenvalue weighted by atomic mass is 9.92. The molecule has 2 aliphatic carbocycles. The van der Waals surface area contributed by atoms with Gasteiger partial charge in [0.15, 0.2) is 11.6 Å². The van der Waals surface area contributed by atoms with Crippen LogP contribution in [0.1, 0.15) is 72.1 Å². The number of amides is 2. The zero-order valence-electron chi connectivity index (χ0n) is 24.6. The molecule has 8 nitrogen and oxygen atoms in total. The SMILES string of the molecule is CN(C(=O)OC(C)(C)C)c1cc(F)c(F)c2c1Cc1ncc(Cl)c(N3CCC[C@]4(C[C@@H]4NC(=O)OC(C)(C)C)C3)c1-2. The molecule has 2 amide bonds. The van der Waals surface area contributed by atoms with Gasteiger partial charge in [0.05, 0.1) is 22.1 Å². The summed E-state index contributed by atoms with van der Waals surface area (Å²) in [5, 5.41) is 3.33. The lowest BCUT2D eigenvalue weighted by Gasteiger charge is -2.37. The van der Waals surface area contributed by atoms with Crippen LogP contribution >= 0.6 is 11.6 Å². The molecule has 1 aromatic carbocycles. The number of nitrogens with one attached hydrogen (secondary N) is 1. The molecule has 1 aliphatic heterocycles. The van der Waals surface area contributed by atoms with Gasteiger partial charge in [-0.1, -0.05) is 11.6 Å². The Morgan fingerprint density at radius 1 is 1.15 bits per heavy atom. The van der Waals surface area contributed by atoms with Crippen molar-refractivity contribution in [2.75, 3.05) is 29.9 Å². The van der Waals surface area contributed by atoms with Crippen molar-refractivity contribution in [2.45, 2.75) is 84.5 Å². The fraction of sp³-hybridized carbons (Fsp3) is 0.567. The predicted octanol–water partition coefficient (Wildman–Crippen LogP) is 6.84. The molecule has 3 aliphatic rings. The second-order valence-corrected chi connectivity index (χ2v) is 13.7. The van der Waals surface area contributed by atoms with E-state index in [2.05, 4.69) is 15.2 Å². The molecule has 5 rings (SSSR count). The van der Waals surface area contributed by atoms with E-state index in [4.69, 9.17) is 21.1 Å². The molecule has 1 saturated carbocycles. The third-order valence-corrected chi connectivity index (χ3v) is 8.09. The molecule has 2 aromatic rings. The number of aromatic nitrogens is 1. The van der Waals surface area contributed by atoms with Crippen LogP contribution in [0.4, 0.5) is 29.7 Å². The van der Waals surface area contributed by atoms with E-state index in [9.17, 15) is 9.59 Å². The molecule has 11 heteroatoms. The Kier molecular flexibility index (Phi) is 7.16. The van der Waals surface area contributed by atoms with Gasteiger partial charge in [0.1, 0.15) is 11.2 Å². The number of pyridine rings is 1. The third kappa shape index (κ3) is 5.67. The molecular weight excluding hydrogens is 554 g/mol. The number of hydrogen-bond acceptors (Lipinski definition) is 6. The third-order valence-electron chi connectivity index (χ3n) is 7.82. The summed E-state index contributed by atoms with van der Waals surface area (Å²) >= 11 is 6.74. The number of carbonyl (C=O) groups excluding carboxylic acids is 2. The first-order valence-corrected chi connectivity index (χ1v) is 14.3. The number of hydrogen-bond donors (Lipinski definition) is 1. The van der Waals surface area contributed by atoms with Crippen molar-refractivity contribution < 1.29 is 27.8 Å². The van der Waals surface area contributed by atoms with Crippen molar-refractivity contribution in [1.82, 2.24) is 10.3 Å². The molecule has 0 unspecified atom stereocenters. The molecule has 1 N–H and O–H groups in total. The van der Waals surface area contributed by atoms with Gasteiger partial charge in [0.25, 0.3) is 0 Å². The molecule has 41 heavy (non-hydrogen) atoms. The minimum Gasteiger partial charge on any atom is -0.444 e. The highest BCUT2D eigenvalue weighted by Gasteiger charge is 2.57. The van der Waals surface area contributed by atoms with Crippen molar-refractivity contribution in [3.8, 4) is 11.1 Å². The first-order chi connectivity index (χ1) is 19.0. The summed E-state index contributed by atoms with van der Waals surface area (Å²) in [7, 11) is 1.48. The summed E-state index contributed by atoms with van der Waals surface area (Å²) in [6.45, 7) is 11.9. The van der Waals surface area contributed by atoms with Gasteiger partial charge in [-0.25, -0.2) is 18.4 Å². The molecule has 0 radical (unpaired) electrons. The van der Waals surface area contributed by atoms with Crippen molar-refractivity contribution in [3.63, 3.8) is 0 Å². The van der Waals surface area contributed by atoms with Crippen LogP contribution in [0.15, 0.2) is 12.3 Å². The minimum atomic E-state index is -1.08. The number of nitrogens with zero attached hydrogens (tertiary/aromatic N) is 3. The van der Waals surface area contributed by atoms with E-state index >= 15 is 8.78 Å². The van der Waals surface area contributed by atoms with Crippen LogP contribution in [0.25, 0.3) is 11.1 Å². The maximum atomic E-state index is 15.6. The molecule has 222 valence electrons. The van der Waals surface area contributed by atoms with Gasteiger partial charge < -0.3 is 19.7 Å². The number of fused-ring (bicyclic) bond motifs is 3. The van der Waals surface area contributed by atoms with Gasteiger partial charge in [0.2, 0.25) is 0 Å². The van der Waals surface area contributed by atoms with Crippen LogP contribution in [0, 0.1) is 17.0 Å². The summed E-state index contributed by atoms with van der Waals surface area (Å²) in [4.78, 5) is 33.1. The van der Waals surface area contributed by atoms with E-state index in [1.54, 1.807) is 20.8 Å². The number of rotatable bonds is 3. The number of anilines is 2. The highest BCUT2D eigenvalue weighted by Crippen LogP contribution is 2.56. The molecule has 1 aromatic heterocycles. The van der Waals surface area contributed by atoms with Crippen LogP contribution in [-0.4, -0.2) is 54.6 Å². The van der Waals surface area contributed by atoms with Crippen LogP contribution < -0.4 is 15.1 Å². The number of benzene rings is 1. The van der Waals surface area contributed by atoms with Gasteiger partial charge in [-0.05, 0) is 66.4 Å². The molecule has 1 spiro atoms. The van der Waals surface area contributed by atoms with Crippen LogP contribution in [0.3, 0.4) is 0 Å². The highest BCUT2D eigenvalue weighted by molar-refractivity contribution is 6.34. The highest BCUT2D eigenvalue weighted by atomic mass is 35.5. The van der Waals surface area contributed by atoms with Crippen LogP contribution in [0.5, 0.6) is 0 Å². The average molecular weight is 591 g/mol. The number of piperidine rings is 1. The smallest absolute Gasteiger partial charge is 0.414 e. The predicted molar refractivity (Wildman–Crippen MR) is 154 cm³/mol. The molecule has 2 atom stereocenters. The minimum absolute atomic E-state index is 0.0515. The number of alkyl carbamates (subject to hydrolysis) is 1. The normalized spacial score (nSPS) is 21.3. The fourth-order valence-electron chi connectivity index (χ4n) is 6.01. The summed E-state index contributed by atoms with van der Waals surface area (Å²) in [6.07, 6.45) is 3.16. The Balaban J connectivity index is 1.48. The van der Waals surface area contributed by atoms with E-state index in [0.29, 0.717) is 40.6 Å². The molecule has 0 bridgehead atoms. The van der Waals surface area contributed by atoms with E-state index in [-0.39, 0.29) is 29.1 Å². The van der Waals surface area contributed by atoms with E-state index in [1.165, 1.54) is 18.1 Å². The van der Waals surface area contributed by atoms with E-state index < -0.39 is 35.0 Å². The Morgan fingerprint density at radius 3 is 2.49 bits per heavy atom. The summed E-state index contributed by atoms with van der Waals surface area (Å²) in [6, 6.07) is 0.975. The number of halogens is 3. The second-order valence-electron chi connectivity index (χ2n) is 13.3.